The molecule has 0 saturated carbocycles. The molecule has 0 spiro atoms. The molecule has 0 aliphatic heterocycles. The number of benzene rings is 1. The van der Waals surface area contributed by atoms with Crippen LogP contribution < -0.4 is 10.1 Å². The van der Waals surface area contributed by atoms with Crippen molar-refractivity contribution in [1.82, 2.24) is 15.5 Å². The summed E-state index contributed by atoms with van der Waals surface area (Å²) in [4.78, 5) is 0. The highest BCUT2D eigenvalue weighted by atomic mass is 32.2. The van der Waals surface area contributed by atoms with Crippen LogP contribution >= 0.6 is 11.8 Å². The van der Waals surface area contributed by atoms with E-state index < -0.39 is 0 Å². The smallest absolute Gasteiger partial charge is 0.276 e. The summed E-state index contributed by atoms with van der Waals surface area (Å²) in [6, 6.07) is 6.59. The van der Waals surface area contributed by atoms with Gasteiger partial charge in [0.1, 0.15) is 5.75 Å². The number of thioether (sulfide) groups is 1. The van der Waals surface area contributed by atoms with E-state index in [4.69, 9.17) is 9.15 Å². The SMILES string of the molecule is CNC1c2ccc(OC)cc2CCC1Sc1nnc(C)o1. The van der Waals surface area contributed by atoms with Crippen molar-refractivity contribution in [2.24, 2.45) is 0 Å². The minimum atomic E-state index is 0.275. The molecule has 3 rings (SSSR count). The molecule has 0 amide bonds. The third-order valence-electron chi connectivity index (χ3n) is 3.83. The Bertz CT molecular complexity index is 629. The van der Waals surface area contributed by atoms with Crippen LogP contribution in [0.4, 0.5) is 0 Å². The van der Waals surface area contributed by atoms with Crippen LogP contribution in [0.15, 0.2) is 27.8 Å². The Kier molecular flexibility index (Phi) is 4.17. The van der Waals surface area contributed by atoms with Crippen molar-refractivity contribution in [2.75, 3.05) is 14.2 Å². The maximum atomic E-state index is 5.50. The summed E-state index contributed by atoms with van der Waals surface area (Å²) in [5.41, 5.74) is 2.69. The van der Waals surface area contributed by atoms with Crippen LogP contribution in [0.3, 0.4) is 0 Å². The molecule has 6 heteroatoms. The summed E-state index contributed by atoms with van der Waals surface area (Å²) < 4.78 is 10.8. The highest BCUT2D eigenvalue weighted by Gasteiger charge is 2.30. The van der Waals surface area contributed by atoms with Crippen LogP contribution in [-0.2, 0) is 6.42 Å². The van der Waals surface area contributed by atoms with Crippen molar-refractivity contribution < 1.29 is 9.15 Å². The molecule has 0 fully saturated rings. The van der Waals surface area contributed by atoms with Crippen molar-refractivity contribution in [2.45, 2.75) is 36.3 Å². The molecule has 1 aromatic carbocycles. The fourth-order valence-corrected chi connectivity index (χ4v) is 3.99. The second kappa shape index (κ2) is 6.07. The first-order valence-corrected chi connectivity index (χ1v) is 7.90. The van der Waals surface area contributed by atoms with Gasteiger partial charge in [0.15, 0.2) is 0 Å². The number of ether oxygens (including phenoxy) is 1. The lowest BCUT2D eigenvalue weighted by molar-refractivity contribution is 0.411. The number of nitrogens with one attached hydrogen (secondary N) is 1. The van der Waals surface area contributed by atoms with E-state index >= 15 is 0 Å². The van der Waals surface area contributed by atoms with E-state index in [0.29, 0.717) is 16.4 Å². The Morgan fingerprint density at radius 2 is 2.24 bits per heavy atom. The Balaban J connectivity index is 1.84. The zero-order valence-electron chi connectivity index (χ0n) is 12.4. The lowest BCUT2D eigenvalue weighted by atomic mass is 9.87. The molecule has 0 radical (unpaired) electrons. The van der Waals surface area contributed by atoms with Crippen LogP contribution in [-0.4, -0.2) is 29.6 Å². The zero-order chi connectivity index (χ0) is 14.8. The molecule has 1 aliphatic carbocycles. The summed E-state index contributed by atoms with van der Waals surface area (Å²) in [6.45, 7) is 1.81. The number of fused-ring (bicyclic) bond motifs is 1. The molecule has 1 N–H and O–H groups in total. The summed E-state index contributed by atoms with van der Waals surface area (Å²) in [6.07, 6.45) is 2.10. The van der Waals surface area contributed by atoms with E-state index in [1.807, 2.05) is 20.0 Å². The van der Waals surface area contributed by atoms with Gasteiger partial charge in [-0.25, -0.2) is 0 Å². The predicted molar refractivity (Wildman–Crippen MR) is 81.8 cm³/mol. The highest BCUT2D eigenvalue weighted by molar-refractivity contribution is 7.99. The molecule has 2 unspecified atom stereocenters. The predicted octanol–water partition coefficient (Wildman–Crippen LogP) is 2.75. The Hall–Kier alpha value is -1.53. The second-order valence-electron chi connectivity index (χ2n) is 5.11. The third-order valence-corrected chi connectivity index (χ3v) is 5.00. The van der Waals surface area contributed by atoms with Crippen LogP contribution in [0.25, 0.3) is 0 Å². The molecular formula is C15H19N3O2S. The van der Waals surface area contributed by atoms with Crippen molar-refractivity contribution >= 4 is 11.8 Å². The van der Waals surface area contributed by atoms with Gasteiger partial charge in [-0.05, 0) is 43.1 Å². The van der Waals surface area contributed by atoms with Gasteiger partial charge in [0.05, 0.1) is 7.11 Å². The molecule has 2 aromatic rings. The quantitative estimate of drug-likeness (QED) is 0.937. The number of nitrogens with zero attached hydrogens (tertiary/aromatic N) is 2. The van der Waals surface area contributed by atoms with Gasteiger partial charge >= 0.3 is 0 Å². The first kappa shape index (κ1) is 14.4. The Labute approximate surface area is 128 Å². The molecule has 0 bridgehead atoms. The van der Waals surface area contributed by atoms with Gasteiger partial charge in [-0.2, -0.15) is 0 Å². The molecular weight excluding hydrogens is 286 g/mol. The summed E-state index contributed by atoms with van der Waals surface area (Å²) in [5.74, 6) is 1.53. The molecule has 21 heavy (non-hydrogen) atoms. The maximum absolute atomic E-state index is 5.50. The van der Waals surface area contributed by atoms with Crippen LogP contribution in [0.5, 0.6) is 5.75 Å². The topological polar surface area (TPSA) is 60.2 Å². The first-order valence-electron chi connectivity index (χ1n) is 7.02. The van der Waals surface area contributed by atoms with Crippen LogP contribution in [0.1, 0.15) is 29.5 Å². The van der Waals surface area contributed by atoms with Gasteiger partial charge in [0, 0.05) is 18.2 Å². The average molecular weight is 305 g/mol. The molecule has 1 aliphatic rings. The largest absolute Gasteiger partial charge is 0.497 e. The molecule has 1 aromatic heterocycles. The summed E-state index contributed by atoms with van der Waals surface area (Å²) in [5, 5.41) is 12.4. The highest BCUT2D eigenvalue weighted by Crippen LogP contribution is 2.40. The maximum Gasteiger partial charge on any atom is 0.276 e. The lowest BCUT2D eigenvalue weighted by Gasteiger charge is -2.32. The van der Waals surface area contributed by atoms with Crippen molar-refractivity contribution in [3.63, 3.8) is 0 Å². The van der Waals surface area contributed by atoms with E-state index in [2.05, 4.69) is 27.6 Å². The number of aromatic nitrogens is 2. The molecule has 0 saturated heterocycles. The monoisotopic (exact) mass is 305 g/mol. The zero-order valence-corrected chi connectivity index (χ0v) is 13.2. The van der Waals surface area contributed by atoms with Gasteiger partial charge < -0.3 is 14.5 Å². The number of hydrogen-bond acceptors (Lipinski definition) is 6. The van der Waals surface area contributed by atoms with Crippen molar-refractivity contribution in [1.29, 1.82) is 0 Å². The van der Waals surface area contributed by atoms with E-state index in [0.717, 1.165) is 18.6 Å². The summed E-state index contributed by atoms with van der Waals surface area (Å²) >= 11 is 1.66. The van der Waals surface area contributed by atoms with Gasteiger partial charge in [0.2, 0.25) is 5.89 Å². The average Bonchev–Trinajstić information content (AvgIpc) is 2.91. The number of rotatable bonds is 4. The minimum Gasteiger partial charge on any atom is -0.497 e. The molecule has 5 nitrogen and oxygen atoms in total. The van der Waals surface area contributed by atoms with Crippen LogP contribution in [0.2, 0.25) is 0 Å². The molecule has 1 heterocycles. The normalized spacial score (nSPS) is 21.1. The van der Waals surface area contributed by atoms with E-state index in [-0.39, 0.29) is 6.04 Å². The van der Waals surface area contributed by atoms with Gasteiger partial charge in [-0.1, -0.05) is 17.8 Å². The number of aryl methyl sites for hydroxylation is 2. The Morgan fingerprint density at radius 3 is 2.90 bits per heavy atom. The standard InChI is InChI=1S/C15H19N3O2S/c1-9-17-18-15(20-9)21-13-7-4-10-8-11(19-3)5-6-12(10)14(13)16-2/h5-6,8,13-14,16H,4,7H2,1-3H3. The third kappa shape index (κ3) is 2.91. The lowest BCUT2D eigenvalue weighted by Crippen LogP contribution is -2.32. The van der Waals surface area contributed by atoms with Gasteiger partial charge in [-0.3, -0.25) is 0 Å². The first-order chi connectivity index (χ1) is 10.2. The van der Waals surface area contributed by atoms with Crippen molar-refractivity contribution in [3.05, 3.63) is 35.2 Å². The fourth-order valence-electron chi connectivity index (χ4n) is 2.82. The number of hydrogen-bond donors (Lipinski definition) is 1. The molecule has 2 atom stereocenters. The summed E-state index contributed by atoms with van der Waals surface area (Å²) in [7, 11) is 3.70. The van der Waals surface area contributed by atoms with E-state index in [9.17, 15) is 0 Å². The second-order valence-corrected chi connectivity index (χ2v) is 6.30. The van der Waals surface area contributed by atoms with Gasteiger partial charge in [0.25, 0.3) is 5.22 Å². The van der Waals surface area contributed by atoms with E-state index in [1.54, 1.807) is 18.9 Å². The van der Waals surface area contributed by atoms with Crippen molar-refractivity contribution in [3.8, 4) is 5.75 Å². The number of methoxy groups -OCH3 is 1. The van der Waals surface area contributed by atoms with Crippen LogP contribution in [0, 0.1) is 6.92 Å². The Morgan fingerprint density at radius 1 is 1.38 bits per heavy atom. The minimum absolute atomic E-state index is 0.275. The molecule has 112 valence electrons. The fraction of sp³-hybridized carbons (Fsp3) is 0.467. The van der Waals surface area contributed by atoms with E-state index in [1.165, 1.54) is 11.1 Å². The van der Waals surface area contributed by atoms with Gasteiger partial charge in [-0.15, -0.1) is 10.2 Å².